The van der Waals surface area contributed by atoms with Crippen LogP contribution in [0.1, 0.15) is 32.0 Å². The van der Waals surface area contributed by atoms with Crippen molar-refractivity contribution in [3.8, 4) is 5.75 Å². The zero-order chi connectivity index (χ0) is 19.6. The fraction of sp³-hybridized carbons (Fsp3) is 0.150. The predicted octanol–water partition coefficient (Wildman–Crippen LogP) is 3.59. The number of amides is 2. The number of aryl methyl sites for hydroxylation is 2. The van der Waals surface area contributed by atoms with Crippen LogP contribution in [0.5, 0.6) is 5.75 Å². The van der Waals surface area contributed by atoms with Gasteiger partial charge in [-0.1, -0.05) is 23.2 Å². The molecule has 0 atom stereocenters. The number of halogens is 1. The zero-order valence-corrected chi connectivity index (χ0v) is 15.8. The van der Waals surface area contributed by atoms with Crippen LogP contribution >= 0.6 is 11.6 Å². The lowest BCUT2D eigenvalue weighted by molar-refractivity contribution is 0.0845. The van der Waals surface area contributed by atoms with Crippen LogP contribution in [0, 0.1) is 13.8 Å². The van der Waals surface area contributed by atoms with Gasteiger partial charge in [0.25, 0.3) is 11.8 Å². The third kappa shape index (κ3) is 4.01. The summed E-state index contributed by atoms with van der Waals surface area (Å²) >= 11 is 5.90. The average Bonchev–Trinajstić information content (AvgIpc) is 2.65. The highest BCUT2D eigenvalue weighted by Gasteiger charge is 2.16. The van der Waals surface area contributed by atoms with Crippen LogP contribution in [-0.2, 0) is 0 Å². The molecular weight excluding hydrogens is 366 g/mol. The third-order valence-corrected chi connectivity index (χ3v) is 4.27. The fourth-order valence-electron chi connectivity index (χ4n) is 2.76. The van der Waals surface area contributed by atoms with Crippen molar-refractivity contribution < 1.29 is 14.3 Å². The SMILES string of the molecule is COc1cc(Cl)ccc1C(=O)NNC(=O)c1cc(C)nc2ccc(C)cc12. The van der Waals surface area contributed by atoms with E-state index in [0.29, 0.717) is 22.0 Å². The Bertz CT molecular complexity index is 1050. The van der Waals surface area contributed by atoms with Gasteiger partial charge < -0.3 is 4.74 Å². The number of carbonyl (C=O) groups is 2. The summed E-state index contributed by atoms with van der Waals surface area (Å²) in [4.78, 5) is 29.5. The van der Waals surface area contributed by atoms with Crippen LogP contribution in [0.2, 0.25) is 5.02 Å². The van der Waals surface area contributed by atoms with Crippen LogP contribution in [0.3, 0.4) is 0 Å². The van der Waals surface area contributed by atoms with E-state index in [9.17, 15) is 9.59 Å². The molecule has 1 aromatic heterocycles. The predicted molar refractivity (Wildman–Crippen MR) is 104 cm³/mol. The maximum absolute atomic E-state index is 12.7. The van der Waals surface area contributed by atoms with Crippen LogP contribution in [-0.4, -0.2) is 23.9 Å². The minimum atomic E-state index is -0.511. The molecule has 0 radical (unpaired) electrons. The minimum Gasteiger partial charge on any atom is -0.496 e. The normalized spacial score (nSPS) is 10.5. The Hall–Kier alpha value is -3.12. The highest BCUT2D eigenvalue weighted by Crippen LogP contribution is 2.23. The molecule has 27 heavy (non-hydrogen) atoms. The van der Waals surface area contributed by atoms with Gasteiger partial charge in [-0.15, -0.1) is 0 Å². The molecule has 6 nitrogen and oxygen atoms in total. The fourth-order valence-corrected chi connectivity index (χ4v) is 2.92. The summed E-state index contributed by atoms with van der Waals surface area (Å²) in [6, 6.07) is 12.0. The van der Waals surface area contributed by atoms with E-state index in [1.807, 2.05) is 32.0 Å². The van der Waals surface area contributed by atoms with E-state index >= 15 is 0 Å². The molecule has 0 unspecified atom stereocenters. The number of methoxy groups -OCH3 is 1. The molecule has 3 aromatic rings. The Morgan fingerprint density at radius 2 is 1.67 bits per heavy atom. The van der Waals surface area contributed by atoms with Gasteiger partial charge in [0.05, 0.1) is 23.8 Å². The first kappa shape index (κ1) is 18.7. The van der Waals surface area contributed by atoms with E-state index in [1.165, 1.54) is 19.2 Å². The quantitative estimate of drug-likeness (QED) is 0.677. The van der Waals surface area contributed by atoms with E-state index in [2.05, 4.69) is 15.8 Å². The second-order valence-electron chi connectivity index (χ2n) is 6.08. The van der Waals surface area contributed by atoms with E-state index in [4.69, 9.17) is 16.3 Å². The van der Waals surface area contributed by atoms with E-state index < -0.39 is 11.8 Å². The molecule has 138 valence electrons. The standard InChI is InChI=1S/C20H18ClN3O3/c1-11-4-7-17-15(8-11)16(9-12(2)22-17)20(26)24-23-19(25)14-6-5-13(21)10-18(14)27-3/h4-10H,1-3H3,(H,23,25)(H,24,26). The number of nitrogens with one attached hydrogen (secondary N) is 2. The number of hydrazine groups is 1. The Kier molecular flexibility index (Phi) is 5.28. The number of hydrogen-bond acceptors (Lipinski definition) is 4. The number of carbonyl (C=O) groups excluding carboxylic acids is 2. The molecule has 2 aromatic carbocycles. The summed E-state index contributed by atoms with van der Waals surface area (Å²) in [6.07, 6.45) is 0. The van der Waals surface area contributed by atoms with Crippen LogP contribution in [0.4, 0.5) is 0 Å². The van der Waals surface area contributed by atoms with Gasteiger partial charge in [-0.05, 0) is 50.2 Å². The molecule has 3 rings (SSSR count). The monoisotopic (exact) mass is 383 g/mol. The third-order valence-electron chi connectivity index (χ3n) is 4.03. The summed E-state index contributed by atoms with van der Waals surface area (Å²) in [5.41, 5.74) is 7.99. The highest BCUT2D eigenvalue weighted by atomic mass is 35.5. The smallest absolute Gasteiger partial charge is 0.273 e. The van der Waals surface area contributed by atoms with E-state index in [1.54, 1.807) is 12.1 Å². The lowest BCUT2D eigenvalue weighted by Gasteiger charge is -2.12. The summed E-state index contributed by atoms with van der Waals surface area (Å²) in [7, 11) is 1.44. The largest absolute Gasteiger partial charge is 0.496 e. The topological polar surface area (TPSA) is 80.3 Å². The van der Waals surface area contributed by atoms with Gasteiger partial charge >= 0.3 is 0 Å². The molecule has 0 bridgehead atoms. The van der Waals surface area contributed by atoms with Crippen LogP contribution in [0.15, 0.2) is 42.5 Å². The van der Waals surface area contributed by atoms with Crippen molar-refractivity contribution in [2.24, 2.45) is 0 Å². The molecule has 0 spiro atoms. The van der Waals surface area contributed by atoms with Gasteiger partial charge in [0.1, 0.15) is 5.75 Å². The van der Waals surface area contributed by atoms with Crippen molar-refractivity contribution in [1.82, 2.24) is 15.8 Å². The molecule has 0 fully saturated rings. The van der Waals surface area contributed by atoms with Crippen molar-refractivity contribution >= 4 is 34.3 Å². The number of benzene rings is 2. The Morgan fingerprint density at radius 3 is 2.37 bits per heavy atom. The van der Waals surface area contributed by atoms with Crippen molar-refractivity contribution in [2.45, 2.75) is 13.8 Å². The molecule has 0 saturated carbocycles. The second kappa shape index (κ2) is 7.63. The first-order valence-electron chi connectivity index (χ1n) is 8.21. The molecule has 2 amide bonds. The lowest BCUT2D eigenvalue weighted by Crippen LogP contribution is -2.41. The van der Waals surface area contributed by atoms with E-state index in [-0.39, 0.29) is 5.56 Å². The van der Waals surface area contributed by atoms with Gasteiger partial charge in [-0.25, -0.2) is 0 Å². The molecule has 7 heteroatoms. The van der Waals surface area contributed by atoms with Crippen LogP contribution in [0.25, 0.3) is 10.9 Å². The van der Waals surface area contributed by atoms with Gasteiger partial charge in [-0.3, -0.25) is 25.4 Å². The first-order valence-corrected chi connectivity index (χ1v) is 8.59. The maximum Gasteiger partial charge on any atom is 0.273 e. The van der Waals surface area contributed by atoms with Gasteiger partial charge in [-0.2, -0.15) is 0 Å². The molecule has 0 aliphatic carbocycles. The van der Waals surface area contributed by atoms with Crippen molar-refractivity contribution in [3.05, 3.63) is 69.9 Å². The average molecular weight is 384 g/mol. The summed E-state index contributed by atoms with van der Waals surface area (Å²) in [6.45, 7) is 3.75. The van der Waals surface area contributed by atoms with Crippen molar-refractivity contribution in [1.29, 1.82) is 0 Å². The number of rotatable bonds is 3. The number of ether oxygens (including phenoxy) is 1. The molecular formula is C20H18ClN3O3. The van der Waals surface area contributed by atoms with Gasteiger partial charge in [0.2, 0.25) is 0 Å². The molecule has 2 N–H and O–H groups in total. The number of hydrogen-bond donors (Lipinski definition) is 2. The molecule has 1 heterocycles. The van der Waals surface area contributed by atoms with Crippen molar-refractivity contribution in [2.75, 3.05) is 7.11 Å². The number of pyridine rings is 1. The van der Waals surface area contributed by atoms with Crippen molar-refractivity contribution in [3.63, 3.8) is 0 Å². The van der Waals surface area contributed by atoms with Gasteiger partial charge in [0, 0.05) is 16.1 Å². The van der Waals surface area contributed by atoms with E-state index in [0.717, 1.165) is 16.5 Å². The number of fused-ring (bicyclic) bond motifs is 1. The number of aromatic nitrogens is 1. The maximum atomic E-state index is 12.7. The summed E-state index contributed by atoms with van der Waals surface area (Å²) in [5.74, 6) is -0.629. The number of nitrogens with zero attached hydrogens (tertiary/aromatic N) is 1. The Balaban J connectivity index is 1.83. The lowest BCUT2D eigenvalue weighted by atomic mass is 10.0. The second-order valence-corrected chi connectivity index (χ2v) is 6.52. The molecule has 0 aliphatic rings. The summed E-state index contributed by atoms with van der Waals surface area (Å²) < 4.78 is 5.16. The van der Waals surface area contributed by atoms with Crippen LogP contribution < -0.4 is 15.6 Å². The highest BCUT2D eigenvalue weighted by molar-refractivity contribution is 6.30. The summed E-state index contributed by atoms with van der Waals surface area (Å²) in [5, 5.41) is 1.16. The first-order chi connectivity index (χ1) is 12.9. The molecule has 0 aliphatic heterocycles. The Labute approximate surface area is 161 Å². The Morgan fingerprint density at radius 1 is 0.963 bits per heavy atom. The molecule has 0 saturated heterocycles. The minimum absolute atomic E-state index is 0.258. The zero-order valence-electron chi connectivity index (χ0n) is 15.1. The van der Waals surface area contributed by atoms with Gasteiger partial charge in [0.15, 0.2) is 0 Å².